The lowest BCUT2D eigenvalue weighted by Crippen LogP contribution is -2.14. The SMILES string of the molecule is CC.Clc1cc(NCc2ccccc2)c2sc(C3CCCOC3)c(Cl)c2n1. The molecule has 6 heteroatoms. The summed E-state index contributed by atoms with van der Waals surface area (Å²) in [5.74, 6) is 0.348. The van der Waals surface area contributed by atoms with Crippen molar-refractivity contribution in [1.29, 1.82) is 0 Å². The highest BCUT2D eigenvalue weighted by atomic mass is 35.5. The smallest absolute Gasteiger partial charge is 0.131 e. The molecule has 144 valence electrons. The number of ether oxygens (including phenoxy) is 1. The van der Waals surface area contributed by atoms with Gasteiger partial charge in [-0.2, -0.15) is 0 Å². The van der Waals surface area contributed by atoms with Crippen molar-refractivity contribution in [3.05, 3.63) is 57.0 Å². The van der Waals surface area contributed by atoms with Gasteiger partial charge < -0.3 is 10.1 Å². The third-order valence-electron chi connectivity index (χ3n) is 4.43. The second-order valence-electron chi connectivity index (χ2n) is 6.20. The first-order valence-corrected chi connectivity index (χ1v) is 10.9. The van der Waals surface area contributed by atoms with Crippen LogP contribution in [0.5, 0.6) is 0 Å². The number of aromatic nitrogens is 1. The number of nitrogens with one attached hydrogen (secondary N) is 1. The molecule has 1 saturated heterocycles. The van der Waals surface area contributed by atoms with Crippen LogP contribution in [0.2, 0.25) is 10.2 Å². The number of fused-ring (bicyclic) bond motifs is 1. The zero-order valence-corrected chi connectivity index (χ0v) is 17.9. The molecule has 2 aromatic heterocycles. The van der Waals surface area contributed by atoms with Gasteiger partial charge in [0.15, 0.2) is 0 Å². The minimum atomic E-state index is 0.348. The Morgan fingerprint density at radius 3 is 2.70 bits per heavy atom. The van der Waals surface area contributed by atoms with Gasteiger partial charge in [-0.1, -0.05) is 67.4 Å². The molecule has 0 saturated carbocycles. The highest BCUT2D eigenvalue weighted by molar-refractivity contribution is 7.20. The van der Waals surface area contributed by atoms with Crippen molar-refractivity contribution in [3.63, 3.8) is 0 Å². The van der Waals surface area contributed by atoms with Crippen molar-refractivity contribution >= 4 is 50.4 Å². The molecule has 0 spiro atoms. The van der Waals surface area contributed by atoms with E-state index in [-0.39, 0.29) is 0 Å². The van der Waals surface area contributed by atoms with E-state index in [1.54, 1.807) is 11.3 Å². The number of pyridine rings is 1. The molecular weight excluding hydrogens is 399 g/mol. The fourth-order valence-electron chi connectivity index (χ4n) is 3.16. The summed E-state index contributed by atoms with van der Waals surface area (Å²) in [5.41, 5.74) is 2.98. The normalized spacial score (nSPS) is 16.7. The fraction of sp³-hybridized carbons (Fsp3) is 0.381. The first-order chi connectivity index (χ1) is 13.2. The first kappa shape index (κ1) is 20.4. The summed E-state index contributed by atoms with van der Waals surface area (Å²) in [7, 11) is 0. The lowest BCUT2D eigenvalue weighted by Gasteiger charge is -2.21. The Balaban J connectivity index is 0.00000102. The van der Waals surface area contributed by atoms with Crippen LogP contribution in [0.25, 0.3) is 10.2 Å². The van der Waals surface area contributed by atoms with Crippen LogP contribution in [0.1, 0.15) is 43.0 Å². The number of halogens is 2. The quantitative estimate of drug-likeness (QED) is 0.453. The van der Waals surface area contributed by atoms with Crippen LogP contribution >= 0.6 is 34.5 Å². The highest BCUT2D eigenvalue weighted by Gasteiger charge is 2.24. The van der Waals surface area contributed by atoms with E-state index in [9.17, 15) is 0 Å². The summed E-state index contributed by atoms with van der Waals surface area (Å²) in [6, 6.07) is 12.2. The van der Waals surface area contributed by atoms with Crippen molar-refractivity contribution in [2.75, 3.05) is 18.5 Å². The number of anilines is 1. The summed E-state index contributed by atoms with van der Waals surface area (Å²) in [5, 5.41) is 4.66. The second kappa shape index (κ2) is 9.74. The molecule has 1 unspecified atom stereocenters. The maximum atomic E-state index is 6.66. The summed E-state index contributed by atoms with van der Waals surface area (Å²) >= 11 is 14.6. The predicted molar refractivity (Wildman–Crippen MR) is 118 cm³/mol. The van der Waals surface area contributed by atoms with Gasteiger partial charge in [-0.05, 0) is 18.4 Å². The van der Waals surface area contributed by atoms with Gasteiger partial charge in [0, 0.05) is 30.0 Å². The lowest BCUT2D eigenvalue weighted by atomic mass is 10.0. The van der Waals surface area contributed by atoms with Gasteiger partial charge >= 0.3 is 0 Å². The van der Waals surface area contributed by atoms with Gasteiger partial charge in [-0.25, -0.2) is 4.98 Å². The third kappa shape index (κ3) is 4.75. The Kier molecular flexibility index (Phi) is 7.36. The van der Waals surface area contributed by atoms with Crippen LogP contribution in [0, 0.1) is 0 Å². The van der Waals surface area contributed by atoms with Crippen molar-refractivity contribution in [3.8, 4) is 0 Å². The zero-order chi connectivity index (χ0) is 19.2. The van der Waals surface area contributed by atoms with Gasteiger partial charge in [-0.3, -0.25) is 0 Å². The minimum absolute atomic E-state index is 0.348. The molecular formula is C21H24Cl2N2OS. The number of hydrogen-bond acceptors (Lipinski definition) is 4. The summed E-state index contributed by atoms with van der Waals surface area (Å²) in [6.45, 7) is 6.30. The second-order valence-corrected chi connectivity index (χ2v) is 8.02. The minimum Gasteiger partial charge on any atom is -0.381 e. The molecule has 3 nitrogen and oxygen atoms in total. The van der Waals surface area contributed by atoms with E-state index in [4.69, 9.17) is 27.9 Å². The van der Waals surface area contributed by atoms with Crippen molar-refractivity contribution in [1.82, 2.24) is 4.98 Å². The average molecular weight is 423 g/mol. The zero-order valence-electron chi connectivity index (χ0n) is 15.6. The molecule has 1 aliphatic heterocycles. The van der Waals surface area contributed by atoms with Crippen molar-refractivity contribution in [2.45, 2.75) is 39.2 Å². The summed E-state index contributed by atoms with van der Waals surface area (Å²) in [6.07, 6.45) is 2.18. The molecule has 0 bridgehead atoms. The molecule has 1 fully saturated rings. The Hall–Kier alpha value is -1.33. The molecule has 3 aromatic rings. The standard InChI is InChI=1S/C19H18Cl2N2OS.C2H6/c20-15-9-14(22-10-12-5-2-1-3-6-12)19-17(23-15)16(21)18(25-19)13-7-4-8-24-11-13;1-2/h1-3,5-6,9,13H,4,7-8,10-11H2,(H,22,23);1-2H3. The molecule has 0 radical (unpaired) electrons. The molecule has 27 heavy (non-hydrogen) atoms. The van der Waals surface area contributed by atoms with E-state index < -0.39 is 0 Å². The van der Waals surface area contributed by atoms with Gasteiger partial charge in [0.2, 0.25) is 0 Å². The van der Waals surface area contributed by atoms with Crippen LogP contribution in [0.15, 0.2) is 36.4 Å². The van der Waals surface area contributed by atoms with Crippen LogP contribution < -0.4 is 5.32 Å². The predicted octanol–water partition coefficient (Wildman–Crippen LogP) is 7.14. The molecule has 1 N–H and O–H groups in total. The van der Waals surface area contributed by atoms with E-state index in [1.165, 1.54) is 5.56 Å². The molecule has 3 heterocycles. The maximum Gasteiger partial charge on any atom is 0.131 e. The van der Waals surface area contributed by atoms with Crippen molar-refractivity contribution in [2.24, 2.45) is 0 Å². The van der Waals surface area contributed by atoms with E-state index in [2.05, 4.69) is 22.4 Å². The molecule has 0 aliphatic carbocycles. The van der Waals surface area contributed by atoms with Gasteiger partial charge in [-0.15, -0.1) is 11.3 Å². The van der Waals surface area contributed by atoms with Crippen LogP contribution in [0.3, 0.4) is 0 Å². The van der Waals surface area contributed by atoms with Crippen LogP contribution in [-0.2, 0) is 11.3 Å². The molecule has 1 atom stereocenters. The Morgan fingerprint density at radius 1 is 1.22 bits per heavy atom. The Labute approximate surface area is 174 Å². The van der Waals surface area contributed by atoms with E-state index in [1.807, 2.05) is 38.1 Å². The van der Waals surface area contributed by atoms with E-state index in [0.717, 1.165) is 58.4 Å². The largest absolute Gasteiger partial charge is 0.381 e. The van der Waals surface area contributed by atoms with Gasteiger partial charge in [0.1, 0.15) is 10.7 Å². The number of benzene rings is 1. The third-order valence-corrected chi connectivity index (χ3v) is 6.50. The highest BCUT2D eigenvalue weighted by Crippen LogP contribution is 2.44. The van der Waals surface area contributed by atoms with Gasteiger partial charge in [0.25, 0.3) is 0 Å². The number of nitrogens with zero attached hydrogens (tertiary/aromatic N) is 1. The molecule has 0 amide bonds. The van der Waals surface area contributed by atoms with Crippen LogP contribution in [0.4, 0.5) is 5.69 Å². The number of hydrogen-bond donors (Lipinski definition) is 1. The Morgan fingerprint density at radius 2 is 2.00 bits per heavy atom. The molecule has 4 rings (SSSR count). The first-order valence-electron chi connectivity index (χ1n) is 9.36. The van der Waals surface area contributed by atoms with Gasteiger partial charge in [0.05, 0.1) is 22.0 Å². The number of thiophene rings is 1. The molecule has 1 aliphatic rings. The van der Waals surface area contributed by atoms with Crippen molar-refractivity contribution < 1.29 is 4.74 Å². The molecule has 1 aromatic carbocycles. The monoisotopic (exact) mass is 422 g/mol. The fourth-order valence-corrected chi connectivity index (χ4v) is 5.06. The number of rotatable bonds is 4. The summed E-state index contributed by atoms with van der Waals surface area (Å²) in [4.78, 5) is 5.63. The summed E-state index contributed by atoms with van der Waals surface area (Å²) < 4.78 is 6.69. The van der Waals surface area contributed by atoms with E-state index >= 15 is 0 Å². The Bertz CT molecular complexity index is 877. The van der Waals surface area contributed by atoms with E-state index in [0.29, 0.717) is 11.1 Å². The van der Waals surface area contributed by atoms with Crippen LogP contribution in [-0.4, -0.2) is 18.2 Å². The average Bonchev–Trinajstić information content (AvgIpc) is 3.06. The topological polar surface area (TPSA) is 34.1 Å². The maximum absolute atomic E-state index is 6.66. The lowest BCUT2D eigenvalue weighted by molar-refractivity contribution is 0.0814.